The van der Waals surface area contributed by atoms with Crippen molar-refractivity contribution in [1.82, 2.24) is 5.32 Å². The lowest BCUT2D eigenvalue weighted by atomic mass is 10.2. The summed E-state index contributed by atoms with van der Waals surface area (Å²) in [5.74, 6) is -1.16. The zero-order valence-electron chi connectivity index (χ0n) is 13.5. The molecule has 6 heteroatoms. The lowest BCUT2D eigenvalue weighted by Gasteiger charge is -2.16. The second kappa shape index (κ2) is 8.10. The molecule has 0 aromatic heterocycles. The van der Waals surface area contributed by atoms with E-state index >= 15 is 0 Å². The van der Waals surface area contributed by atoms with Gasteiger partial charge in [0.1, 0.15) is 17.6 Å². The van der Waals surface area contributed by atoms with Gasteiger partial charge in [-0.25, -0.2) is 4.39 Å². The fourth-order valence-corrected chi connectivity index (χ4v) is 2.08. The average Bonchev–Trinajstić information content (AvgIpc) is 2.57. The molecule has 126 valence electrons. The Balaban J connectivity index is 2.03. The highest BCUT2D eigenvalue weighted by Crippen LogP contribution is 2.23. The van der Waals surface area contributed by atoms with E-state index in [1.165, 1.54) is 25.1 Å². The number of para-hydroxylation sites is 2. The Morgan fingerprint density at radius 3 is 2.50 bits per heavy atom. The van der Waals surface area contributed by atoms with Crippen LogP contribution in [-0.4, -0.2) is 24.5 Å². The molecule has 0 saturated carbocycles. The summed E-state index contributed by atoms with van der Waals surface area (Å²) < 4.78 is 19.0. The summed E-state index contributed by atoms with van der Waals surface area (Å²) >= 11 is 0. The molecular weight excluding hydrogens is 311 g/mol. The van der Waals surface area contributed by atoms with E-state index in [1.807, 2.05) is 6.92 Å². The van der Waals surface area contributed by atoms with Crippen LogP contribution < -0.4 is 15.4 Å². The fraction of sp³-hybridized carbons (Fsp3) is 0.222. The van der Waals surface area contributed by atoms with Crippen LogP contribution in [0.2, 0.25) is 0 Å². The van der Waals surface area contributed by atoms with E-state index in [0.29, 0.717) is 18.0 Å². The predicted octanol–water partition coefficient (Wildman–Crippen LogP) is 2.98. The smallest absolute Gasteiger partial charge is 0.254 e. The lowest BCUT2D eigenvalue weighted by Crippen LogP contribution is -2.41. The van der Waals surface area contributed by atoms with Crippen molar-refractivity contribution in [2.45, 2.75) is 19.9 Å². The molecule has 0 bridgehead atoms. The maximum atomic E-state index is 13.6. The van der Waals surface area contributed by atoms with Crippen LogP contribution in [0.5, 0.6) is 5.75 Å². The van der Waals surface area contributed by atoms with Crippen molar-refractivity contribution in [3.05, 3.63) is 59.9 Å². The molecule has 0 fully saturated rings. The van der Waals surface area contributed by atoms with Gasteiger partial charge in [-0.2, -0.15) is 0 Å². The number of benzene rings is 2. The Labute approximate surface area is 139 Å². The molecule has 2 aromatic rings. The van der Waals surface area contributed by atoms with Gasteiger partial charge in [-0.1, -0.05) is 24.3 Å². The highest BCUT2D eigenvalue weighted by Gasteiger charge is 2.19. The molecule has 2 aromatic carbocycles. The molecule has 2 rings (SSSR count). The summed E-state index contributed by atoms with van der Waals surface area (Å²) in [6.07, 6.45) is 0. The molecule has 5 nitrogen and oxygen atoms in total. The van der Waals surface area contributed by atoms with Crippen molar-refractivity contribution >= 4 is 17.5 Å². The maximum Gasteiger partial charge on any atom is 0.254 e. The van der Waals surface area contributed by atoms with Crippen molar-refractivity contribution in [2.75, 3.05) is 11.9 Å². The molecule has 0 saturated heterocycles. The molecule has 0 aliphatic heterocycles. The fourth-order valence-electron chi connectivity index (χ4n) is 2.08. The standard InChI is InChI=1S/C18H19FN2O3/c1-3-24-16-11-7-6-10-15(16)21-17(22)12(2)20-18(23)13-8-4-5-9-14(13)19/h4-12H,3H2,1-2H3,(H,20,23)(H,21,22)/t12-/m1/s1. The Morgan fingerprint density at radius 2 is 1.79 bits per heavy atom. The van der Waals surface area contributed by atoms with E-state index in [9.17, 15) is 14.0 Å². The molecule has 0 radical (unpaired) electrons. The van der Waals surface area contributed by atoms with E-state index in [1.54, 1.807) is 30.3 Å². The molecule has 0 spiro atoms. The predicted molar refractivity (Wildman–Crippen MR) is 89.6 cm³/mol. The van der Waals surface area contributed by atoms with Crippen LogP contribution in [0.25, 0.3) is 0 Å². The van der Waals surface area contributed by atoms with Crippen LogP contribution in [0.15, 0.2) is 48.5 Å². The third kappa shape index (κ3) is 4.32. The van der Waals surface area contributed by atoms with Crippen LogP contribution in [0, 0.1) is 5.82 Å². The van der Waals surface area contributed by atoms with E-state index in [-0.39, 0.29) is 5.56 Å². The molecule has 2 N–H and O–H groups in total. The zero-order valence-corrected chi connectivity index (χ0v) is 13.5. The van der Waals surface area contributed by atoms with Crippen LogP contribution in [0.4, 0.5) is 10.1 Å². The number of carbonyl (C=O) groups is 2. The van der Waals surface area contributed by atoms with E-state index in [0.717, 1.165) is 0 Å². The molecular formula is C18H19FN2O3. The van der Waals surface area contributed by atoms with Crippen LogP contribution in [-0.2, 0) is 4.79 Å². The zero-order chi connectivity index (χ0) is 17.5. The minimum atomic E-state index is -0.841. The number of anilines is 1. The molecule has 0 heterocycles. The van der Waals surface area contributed by atoms with Crippen molar-refractivity contribution in [1.29, 1.82) is 0 Å². The highest BCUT2D eigenvalue weighted by molar-refractivity contribution is 6.01. The topological polar surface area (TPSA) is 67.4 Å². The summed E-state index contributed by atoms with van der Waals surface area (Å²) in [4.78, 5) is 24.3. The van der Waals surface area contributed by atoms with Gasteiger partial charge in [0.15, 0.2) is 0 Å². The number of amides is 2. The minimum absolute atomic E-state index is 0.105. The van der Waals surface area contributed by atoms with Crippen molar-refractivity contribution < 1.29 is 18.7 Å². The van der Waals surface area contributed by atoms with Crippen LogP contribution in [0.3, 0.4) is 0 Å². The third-order valence-corrected chi connectivity index (χ3v) is 3.30. The Hall–Kier alpha value is -2.89. The summed E-state index contributed by atoms with van der Waals surface area (Å²) in [7, 11) is 0. The summed E-state index contributed by atoms with van der Waals surface area (Å²) in [5.41, 5.74) is 0.406. The molecule has 0 aliphatic rings. The average molecular weight is 330 g/mol. The SMILES string of the molecule is CCOc1ccccc1NC(=O)[C@@H](C)NC(=O)c1ccccc1F. The Morgan fingerprint density at radius 1 is 1.12 bits per heavy atom. The number of rotatable bonds is 6. The number of hydrogen-bond acceptors (Lipinski definition) is 3. The summed E-state index contributed by atoms with van der Waals surface area (Å²) in [5, 5.41) is 5.17. The summed E-state index contributed by atoms with van der Waals surface area (Å²) in [6, 6.07) is 11.8. The second-order valence-electron chi connectivity index (χ2n) is 5.09. The van der Waals surface area contributed by atoms with Crippen LogP contribution >= 0.6 is 0 Å². The molecule has 0 unspecified atom stereocenters. The van der Waals surface area contributed by atoms with E-state index in [2.05, 4.69) is 10.6 Å². The highest BCUT2D eigenvalue weighted by atomic mass is 19.1. The van der Waals surface area contributed by atoms with Gasteiger partial charge in [-0.15, -0.1) is 0 Å². The van der Waals surface area contributed by atoms with Gasteiger partial charge in [0, 0.05) is 0 Å². The first-order chi connectivity index (χ1) is 11.5. The Kier molecular flexibility index (Phi) is 5.89. The second-order valence-corrected chi connectivity index (χ2v) is 5.09. The number of carbonyl (C=O) groups excluding carboxylic acids is 2. The lowest BCUT2D eigenvalue weighted by molar-refractivity contribution is -0.117. The van der Waals surface area contributed by atoms with Gasteiger partial charge >= 0.3 is 0 Å². The summed E-state index contributed by atoms with van der Waals surface area (Å²) in [6.45, 7) is 3.83. The van der Waals surface area contributed by atoms with Crippen molar-refractivity contribution in [3.63, 3.8) is 0 Å². The van der Waals surface area contributed by atoms with Crippen molar-refractivity contribution in [2.24, 2.45) is 0 Å². The van der Waals surface area contributed by atoms with Gasteiger partial charge < -0.3 is 15.4 Å². The minimum Gasteiger partial charge on any atom is -0.492 e. The first-order valence-electron chi connectivity index (χ1n) is 7.61. The monoisotopic (exact) mass is 330 g/mol. The van der Waals surface area contributed by atoms with Crippen LogP contribution in [0.1, 0.15) is 24.2 Å². The number of nitrogens with one attached hydrogen (secondary N) is 2. The molecule has 24 heavy (non-hydrogen) atoms. The quantitative estimate of drug-likeness (QED) is 0.856. The molecule has 1 atom stereocenters. The number of ether oxygens (including phenoxy) is 1. The van der Waals surface area contributed by atoms with Gasteiger partial charge in [-0.3, -0.25) is 9.59 Å². The first kappa shape index (κ1) is 17.5. The first-order valence-corrected chi connectivity index (χ1v) is 7.61. The largest absolute Gasteiger partial charge is 0.492 e. The third-order valence-electron chi connectivity index (χ3n) is 3.30. The van der Waals surface area contributed by atoms with Gasteiger partial charge in [0.2, 0.25) is 5.91 Å². The van der Waals surface area contributed by atoms with Crippen molar-refractivity contribution in [3.8, 4) is 5.75 Å². The van der Waals surface area contributed by atoms with E-state index < -0.39 is 23.7 Å². The van der Waals surface area contributed by atoms with E-state index in [4.69, 9.17) is 4.74 Å². The maximum absolute atomic E-state index is 13.6. The van der Waals surface area contributed by atoms with Gasteiger partial charge in [0.25, 0.3) is 5.91 Å². The number of halogens is 1. The molecule has 2 amide bonds. The van der Waals surface area contributed by atoms with Gasteiger partial charge in [0.05, 0.1) is 17.9 Å². The molecule has 0 aliphatic carbocycles. The normalized spacial score (nSPS) is 11.5. The number of hydrogen-bond donors (Lipinski definition) is 2. The Bertz CT molecular complexity index is 734. The van der Waals surface area contributed by atoms with Gasteiger partial charge in [-0.05, 0) is 38.1 Å².